The Morgan fingerprint density at radius 2 is 2.16 bits per heavy atom. The van der Waals surface area contributed by atoms with Crippen molar-refractivity contribution in [3.05, 3.63) is 24.3 Å². The predicted molar refractivity (Wildman–Crippen MR) is 72.2 cm³/mol. The van der Waals surface area contributed by atoms with Gasteiger partial charge >= 0.3 is 0 Å². The molecule has 0 unspecified atom stereocenters. The number of ether oxygens (including phenoxy) is 1. The predicted octanol–water partition coefficient (Wildman–Crippen LogP) is 1.33. The van der Waals surface area contributed by atoms with Gasteiger partial charge in [-0.25, -0.2) is 0 Å². The molecular weight excluding hydrogens is 244 g/mol. The molecule has 0 radical (unpaired) electrons. The molecule has 1 aliphatic rings. The van der Waals surface area contributed by atoms with Crippen LogP contribution in [-0.2, 0) is 9.59 Å². The summed E-state index contributed by atoms with van der Waals surface area (Å²) >= 11 is 0. The van der Waals surface area contributed by atoms with Gasteiger partial charge in [0, 0.05) is 6.04 Å². The molecule has 5 nitrogen and oxygen atoms in total. The third-order valence-corrected chi connectivity index (χ3v) is 2.78. The van der Waals surface area contributed by atoms with Crippen LogP contribution in [0.4, 0.5) is 5.69 Å². The van der Waals surface area contributed by atoms with E-state index in [4.69, 9.17) is 4.74 Å². The molecule has 0 atom stereocenters. The minimum atomic E-state index is -0.167. The van der Waals surface area contributed by atoms with Crippen LogP contribution in [0, 0.1) is 0 Å². The summed E-state index contributed by atoms with van der Waals surface area (Å²) in [7, 11) is 0. The number of rotatable bonds is 3. The Hall–Kier alpha value is -2.04. The Morgan fingerprint density at radius 1 is 1.42 bits per heavy atom. The first-order valence-electron chi connectivity index (χ1n) is 6.39. The second kappa shape index (κ2) is 5.73. The van der Waals surface area contributed by atoms with Gasteiger partial charge < -0.3 is 10.1 Å². The number of benzene rings is 1. The Kier molecular flexibility index (Phi) is 4.04. The number of amides is 2. The fraction of sp³-hybridized carbons (Fsp3) is 0.429. The monoisotopic (exact) mass is 262 g/mol. The van der Waals surface area contributed by atoms with Crippen LogP contribution >= 0.6 is 0 Å². The second-order valence-corrected chi connectivity index (χ2v) is 4.77. The second-order valence-electron chi connectivity index (χ2n) is 4.77. The average Bonchev–Trinajstić information content (AvgIpc) is 2.49. The third-order valence-electron chi connectivity index (χ3n) is 2.78. The van der Waals surface area contributed by atoms with E-state index in [1.807, 2.05) is 26.0 Å². The Bertz CT molecular complexity index is 485. The molecule has 1 aromatic carbocycles. The molecule has 0 aromatic heterocycles. The van der Waals surface area contributed by atoms with Crippen molar-refractivity contribution >= 4 is 17.5 Å². The van der Waals surface area contributed by atoms with Crippen molar-refractivity contribution in [3.63, 3.8) is 0 Å². The summed E-state index contributed by atoms with van der Waals surface area (Å²) in [5, 5.41) is 2.79. The number of hydrogen-bond acceptors (Lipinski definition) is 3. The zero-order chi connectivity index (χ0) is 13.8. The highest BCUT2D eigenvalue weighted by Crippen LogP contribution is 2.30. The summed E-state index contributed by atoms with van der Waals surface area (Å²) in [4.78, 5) is 25.4. The summed E-state index contributed by atoms with van der Waals surface area (Å²) in [6.07, 6.45) is 0.281. The maximum absolute atomic E-state index is 12.1. The van der Waals surface area contributed by atoms with Crippen molar-refractivity contribution in [1.82, 2.24) is 5.32 Å². The van der Waals surface area contributed by atoms with Gasteiger partial charge in [0.2, 0.25) is 11.8 Å². The van der Waals surface area contributed by atoms with Gasteiger partial charge in [-0.1, -0.05) is 12.1 Å². The third kappa shape index (κ3) is 3.24. The minimum Gasteiger partial charge on any atom is -0.491 e. The lowest BCUT2D eigenvalue weighted by atomic mass is 10.2. The summed E-state index contributed by atoms with van der Waals surface area (Å²) in [5.74, 6) is 0.384. The van der Waals surface area contributed by atoms with E-state index >= 15 is 0 Å². The number of nitrogens with one attached hydrogen (secondary N) is 1. The van der Waals surface area contributed by atoms with Gasteiger partial charge in [0.05, 0.1) is 18.7 Å². The number of anilines is 1. The molecule has 1 heterocycles. The number of hydrogen-bond donors (Lipinski definition) is 1. The molecular formula is C14H18N2O3. The Morgan fingerprint density at radius 3 is 2.89 bits per heavy atom. The molecule has 2 amide bonds. The molecule has 5 heteroatoms. The molecule has 0 bridgehead atoms. The quantitative estimate of drug-likeness (QED) is 0.894. The van der Waals surface area contributed by atoms with Crippen LogP contribution in [0.2, 0.25) is 0 Å². The Balaban J connectivity index is 2.21. The molecule has 1 N–H and O–H groups in total. The summed E-state index contributed by atoms with van der Waals surface area (Å²) in [6.45, 7) is 4.15. The Labute approximate surface area is 112 Å². The standard InChI is InChI=1S/C14H18N2O3/c1-10(2)15-13(17)9-16-11-5-3-4-6-12(11)19-8-7-14(16)18/h3-6,10H,7-9H2,1-2H3,(H,15,17). The number of carbonyl (C=O) groups is 2. The van der Waals surface area contributed by atoms with Crippen LogP contribution in [0.25, 0.3) is 0 Å². The first-order chi connectivity index (χ1) is 9.08. The van der Waals surface area contributed by atoms with Crippen molar-refractivity contribution in [2.45, 2.75) is 26.3 Å². The normalized spacial score (nSPS) is 14.7. The number of carbonyl (C=O) groups excluding carboxylic acids is 2. The van der Waals surface area contributed by atoms with Crippen LogP contribution in [0.1, 0.15) is 20.3 Å². The zero-order valence-corrected chi connectivity index (χ0v) is 11.2. The summed E-state index contributed by atoms with van der Waals surface area (Å²) in [5.41, 5.74) is 0.656. The smallest absolute Gasteiger partial charge is 0.240 e. The largest absolute Gasteiger partial charge is 0.491 e. The van der Waals surface area contributed by atoms with Crippen molar-refractivity contribution in [2.75, 3.05) is 18.1 Å². The molecule has 0 aliphatic carbocycles. The molecule has 19 heavy (non-hydrogen) atoms. The SMILES string of the molecule is CC(C)NC(=O)CN1C(=O)CCOc2ccccc21. The fourth-order valence-electron chi connectivity index (χ4n) is 2.00. The van der Waals surface area contributed by atoms with Gasteiger partial charge in [0.15, 0.2) is 0 Å². The fourth-order valence-corrected chi connectivity index (χ4v) is 2.00. The van der Waals surface area contributed by atoms with Crippen LogP contribution < -0.4 is 15.0 Å². The van der Waals surface area contributed by atoms with Crippen molar-refractivity contribution in [3.8, 4) is 5.75 Å². The molecule has 1 aliphatic heterocycles. The van der Waals surface area contributed by atoms with E-state index < -0.39 is 0 Å². The molecule has 102 valence electrons. The van der Waals surface area contributed by atoms with Gasteiger partial charge in [0.25, 0.3) is 0 Å². The van der Waals surface area contributed by atoms with E-state index in [9.17, 15) is 9.59 Å². The molecule has 0 fully saturated rings. The molecule has 0 saturated heterocycles. The minimum absolute atomic E-state index is 0.0252. The highest BCUT2D eigenvalue weighted by molar-refractivity contribution is 6.00. The van der Waals surface area contributed by atoms with E-state index in [1.54, 1.807) is 12.1 Å². The summed E-state index contributed by atoms with van der Waals surface area (Å²) < 4.78 is 5.52. The summed E-state index contributed by atoms with van der Waals surface area (Å²) in [6, 6.07) is 7.33. The van der Waals surface area contributed by atoms with Gasteiger partial charge in [-0.3, -0.25) is 14.5 Å². The van der Waals surface area contributed by atoms with E-state index in [-0.39, 0.29) is 30.8 Å². The highest BCUT2D eigenvalue weighted by Gasteiger charge is 2.24. The zero-order valence-electron chi connectivity index (χ0n) is 11.2. The van der Waals surface area contributed by atoms with Gasteiger partial charge in [-0.05, 0) is 26.0 Å². The number of nitrogens with zero attached hydrogens (tertiary/aromatic N) is 1. The van der Waals surface area contributed by atoms with Gasteiger partial charge in [0.1, 0.15) is 12.3 Å². The maximum atomic E-state index is 12.1. The van der Waals surface area contributed by atoms with E-state index in [2.05, 4.69) is 5.32 Å². The van der Waals surface area contributed by atoms with Crippen molar-refractivity contribution in [2.24, 2.45) is 0 Å². The lowest BCUT2D eigenvalue weighted by Crippen LogP contribution is -2.42. The van der Waals surface area contributed by atoms with Crippen LogP contribution in [-0.4, -0.2) is 31.0 Å². The van der Waals surface area contributed by atoms with E-state index in [1.165, 1.54) is 4.90 Å². The van der Waals surface area contributed by atoms with Crippen LogP contribution in [0.5, 0.6) is 5.75 Å². The number of para-hydroxylation sites is 2. The van der Waals surface area contributed by atoms with Crippen LogP contribution in [0.3, 0.4) is 0 Å². The average molecular weight is 262 g/mol. The first kappa shape index (κ1) is 13.4. The van der Waals surface area contributed by atoms with Crippen molar-refractivity contribution < 1.29 is 14.3 Å². The van der Waals surface area contributed by atoms with Crippen molar-refractivity contribution in [1.29, 1.82) is 0 Å². The number of fused-ring (bicyclic) bond motifs is 1. The molecule has 1 aromatic rings. The maximum Gasteiger partial charge on any atom is 0.240 e. The molecule has 0 spiro atoms. The molecule has 0 saturated carbocycles. The van der Waals surface area contributed by atoms with Gasteiger partial charge in [-0.15, -0.1) is 0 Å². The lowest BCUT2D eigenvalue weighted by Gasteiger charge is -2.21. The molecule has 2 rings (SSSR count). The van der Waals surface area contributed by atoms with E-state index in [0.29, 0.717) is 18.0 Å². The lowest BCUT2D eigenvalue weighted by molar-refractivity contribution is -0.124. The van der Waals surface area contributed by atoms with Gasteiger partial charge in [-0.2, -0.15) is 0 Å². The van der Waals surface area contributed by atoms with Crippen LogP contribution in [0.15, 0.2) is 24.3 Å². The first-order valence-corrected chi connectivity index (χ1v) is 6.39. The highest BCUT2D eigenvalue weighted by atomic mass is 16.5. The van der Waals surface area contributed by atoms with E-state index in [0.717, 1.165) is 0 Å². The topological polar surface area (TPSA) is 58.6 Å².